The lowest BCUT2D eigenvalue weighted by atomic mass is 10.1. The molecule has 7 nitrogen and oxygen atoms in total. The Morgan fingerprint density at radius 1 is 1.04 bits per heavy atom. The predicted octanol–water partition coefficient (Wildman–Crippen LogP) is 0.938. The van der Waals surface area contributed by atoms with Gasteiger partial charge in [0.05, 0.1) is 17.8 Å². The van der Waals surface area contributed by atoms with Gasteiger partial charge in [0.1, 0.15) is 5.82 Å². The molecule has 144 valence electrons. The van der Waals surface area contributed by atoms with Crippen molar-refractivity contribution in [3.05, 3.63) is 35.6 Å². The van der Waals surface area contributed by atoms with Crippen LogP contribution in [-0.2, 0) is 14.9 Å². The summed E-state index contributed by atoms with van der Waals surface area (Å²) >= 11 is 0. The molecule has 2 aliphatic heterocycles. The van der Waals surface area contributed by atoms with Crippen LogP contribution in [0.3, 0.4) is 0 Å². The zero-order valence-corrected chi connectivity index (χ0v) is 15.8. The van der Waals surface area contributed by atoms with Crippen molar-refractivity contribution in [2.45, 2.75) is 26.1 Å². The van der Waals surface area contributed by atoms with E-state index in [2.05, 4.69) is 0 Å². The highest BCUT2D eigenvalue weighted by molar-refractivity contribution is 7.86. The van der Waals surface area contributed by atoms with Crippen molar-refractivity contribution in [2.75, 3.05) is 39.3 Å². The minimum atomic E-state index is -3.60. The van der Waals surface area contributed by atoms with E-state index in [0.29, 0.717) is 13.1 Å². The summed E-state index contributed by atoms with van der Waals surface area (Å²) in [6.07, 6.45) is -0.310. The van der Waals surface area contributed by atoms with Crippen molar-refractivity contribution < 1.29 is 22.3 Å². The van der Waals surface area contributed by atoms with Gasteiger partial charge in [-0.1, -0.05) is 12.1 Å². The normalized spacial score (nSPS) is 26.0. The van der Waals surface area contributed by atoms with E-state index in [0.717, 1.165) is 0 Å². The van der Waals surface area contributed by atoms with E-state index in [1.165, 1.54) is 31.7 Å². The van der Waals surface area contributed by atoms with Gasteiger partial charge in [-0.15, -0.1) is 0 Å². The molecule has 0 bridgehead atoms. The van der Waals surface area contributed by atoms with Gasteiger partial charge in [-0.2, -0.15) is 17.0 Å². The lowest BCUT2D eigenvalue weighted by molar-refractivity contribution is -0.0457. The molecule has 1 aromatic carbocycles. The van der Waals surface area contributed by atoms with Gasteiger partial charge in [0.15, 0.2) is 0 Å². The van der Waals surface area contributed by atoms with E-state index in [-0.39, 0.29) is 44.0 Å². The summed E-state index contributed by atoms with van der Waals surface area (Å²) in [4.78, 5) is 14.0. The van der Waals surface area contributed by atoms with Crippen LogP contribution in [0.1, 0.15) is 24.2 Å². The Bertz CT molecular complexity index is 755. The fraction of sp³-hybridized carbons (Fsp3) is 0.588. The van der Waals surface area contributed by atoms with Crippen molar-refractivity contribution in [3.63, 3.8) is 0 Å². The summed E-state index contributed by atoms with van der Waals surface area (Å²) in [5.41, 5.74) is 0.0136. The molecule has 2 fully saturated rings. The van der Waals surface area contributed by atoms with Gasteiger partial charge in [-0.25, -0.2) is 4.39 Å². The Morgan fingerprint density at radius 3 is 2.19 bits per heavy atom. The van der Waals surface area contributed by atoms with Crippen molar-refractivity contribution in [3.8, 4) is 0 Å². The molecule has 1 amide bonds. The summed E-state index contributed by atoms with van der Waals surface area (Å²) in [6.45, 7) is 5.21. The molecule has 2 saturated heterocycles. The van der Waals surface area contributed by atoms with E-state index in [1.54, 1.807) is 6.07 Å². The first-order valence-electron chi connectivity index (χ1n) is 8.73. The maximum Gasteiger partial charge on any atom is 0.282 e. The summed E-state index contributed by atoms with van der Waals surface area (Å²) in [5.74, 6) is -0.974. The third kappa shape index (κ3) is 3.90. The maximum absolute atomic E-state index is 13.8. The molecule has 2 atom stereocenters. The van der Waals surface area contributed by atoms with Crippen molar-refractivity contribution >= 4 is 16.1 Å². The summed E-state index contributed by atoms with van der Waals surface area (Å²) in [7, 11) is -3.60. The lowest BCUT2D eigenvalue weighted by Crippen LogP contribution is -2.57. The third-order valence-corrected chi connectivity index (χ3v) is 6.64. The van der Waals surface area contributed by atoms with Gasteiger partial charge in [-0.3, -0.25) is 4.79 Å². The average molecular weight is 385 g/mol. The molecule has 2 heterocycles. The van der Waals surface area contributed by atoms with E-state index < -0.39 is 21.9 Å². The van der Waals surface area contributed by atoms with Gasteiger partial charge in [0.25, 0.3) is 16.1 Å². The largest absolute Gasteiger partial charge is 0.373 e. The molecule has 0 spiro atoms. The minimum absolute atomic E-state index is 0.0136. The molecule has 9 heteroatoms. The zero-order valence-electron chi connectivity index (χ0n) is 15.0. The molecule has 0 unspecified atom stereocenters. The van der Waals surface area contributed by atoms with Gasteiger partial charge in [-0.05, 0) is 26.0 Å². The number of ether oxygens (including phenoxy) is 1. The molecule has 0 aliphatic carbocycles. The molecular weight excluding hydrogens is 361 g/mol. The molecule has 0 aromatic heterocycles. The van der Waals surface area contributed by atoms with E-state index in [1.807, 2.05) is 13.8 Å². The van der Waals surface area contributed by atoms with Crippen LogP contribution < -0.4 is 0 Å². The van der Waals surface area contributed by atoms with Gasteiger partial charge < -0.3 is 9.64 Å². The fourth-order valence-corrected chi connectivity index (χ4v) is 5.16. The van der Waals surface area contributed by atoms with Crippen LogP contribution >= 0.6 is 0 Å². The standard InChI is InChI=1S/C17H24FN3O4S/c1-13-11-21(12-14(2)25-13)26(23,24)20-9-7-19(8-10-20)17(22)15-5-3-4-6-16(15)18/h3-6,13-14H,7-12H2,1-2H3/t13-,14+. The summed E-state index contributed by atoms with van der Waals surface area (Å²) in [5, 5.41) is 0. The second kappa shape index (κ2) is 7.59. The Hall–Kier alpha value is -1.55. The van der Waals surface area contributed by atoms with E-state index in [4.69, 9.17) is 4.74 Å². The zero-order chi connectivity index (χ0) is 18.9. The second-order valence-electron chi connectivity index (χ2n) is 6.75. The van der Waals surface area contributed by atoms with Crippen LogP contribution in [0.5, 0.6) is 0 Å². The van der Waals surface area contributed by atoms with Crippen molar-refractivity contribution in [2.24, 2.45) is 0 Å². The van der Waals surface area contributed by atoms with Gasteiger partial charge >= 0.3 is 0 Å². The van der Waals surface area contributed by atoms with Crippen molar-refractivity contribution in [1.82, 2.24) is 13.5 Å². The number of amides is 1. The minimum Gasteiger partial charge on any atom is -0.373 e. The van der Waals surface area contributed by atoms with Gasteiger partial charge in [0.2, 0.25) is 0 Å². The highest BCUT2D eigenvalue weighted by Gasteiger charge is 2.37. The number of carbonyl (C=O) groups excluding carboxylic acids is 1. The first-order chi connectivity index (χ1) is 12.3. The first-order valence-corrected chi connectivity index (χ1v) is 10.1. The Kier molecular flexibility index (Phi) is 5.61. The smallest absolute Gasteiger partial charge is 0.282 e. The number of carbonyl (C=O) groups is 1. The number of hydrogen-bond donors (Lipinski definition) is 0. The monoisotopic (exact) mass is 385 g/mol. The predicted molar refractivity (Wildman–Crippen MR) is 94.4 cm³/mol. The average Bonchev–Trinajstić information content (AvgIpc) is 2.61. The SMILES string of the molecule is C[C@@H]1CN(S(=O)(=O)N2CCN(C(=O)c3ccccc3F)CC2)C[C@H](C)O1. The highest BCUT2D eigenvalue weighted by atomic mass is 32.2. The number of benzene rings is 1. The van der Waals surface area contributed by atoms with Crippen LogP contribution in [0.2, 0.25) is 0 Å². The number of nitrogens with zero attached hydrogens (tertiary/aromatic N) is 3. The molecule has 3 rings (SSSR count). The van der Waals surface area contributed by atoms with E-state index >= 15 is 0 Å². The maximum atomic E-state index is 13.8. The number of rotatable bonds is 3. The quantitative estimate of drug-likeness (QED) is 0.776. The second-order valence-corrected chi connectivity index (χ2v) is 8.68. The van der Waals surface area contributed by atoms with Crippen LogP contribution in [0.4, 0.5) is 4.39 Å². The molecule has 1 aromatic rings. The molecule has 0 radical (unpaired) electrons. The van der Waals surface area contributed by atoms with Crippen LogP contribution in [-0.4, -0.2) is 79.3 Å². The number of morpholine rings is 1. The fourth-order valence-electron chi connectivity index (χ4n) is 3.41. The molecular formula is C17H24FN3O4S. The lowest BCUT2D eigenvalue weighted by Gasteiger charge is -2.40. The summed E-state index contributed by atoms with van der Waals surface area (Å²) < 4.78 is 48.0. The first kappa shape index (κ1) is 19.2. The highest BCUT2D eigenvalue weighted by Crippen LogP contribution is 2.20. The molecule has 0 N–H and O–H groups in total. The van der Waals surface area contributed by atoms with Crippen LogP contribution in [0, 0.1) is 5.82 Å². The third-order valence-electron chi connectivity index (χ3n) is 4.67. The molecule has 26 heavy (non-hydrogen) atoms. The Balaban J connectivity index is 1.64. The van der Waals surface area contributed by atoms with Crippen molar-refractivity contribution in [1.29, 1.82) is 0 Å². The number of halogens is 1. The molecule has 2 aliphatic rings. The van der Waals surface area contributed by atoms with Crippen LogP contribution in [0.15, 0.2) is 24.3 Å². The Labute approximate surface area is 153 Å². The summed E-state index contributed by atoms with van der Waals surface area (Å²) in [6, 6.07) is 5.82. The van der Waals surface area contributed by atoms with Crippen LogP contribution in [0.25, 0.3) is 0 Å². The number of piperazine rings is 1. The topological polar surface area (TPSA) is 70.2 Å². The van der Waals surface area contributed by atoms with E-state index in [9.17, 15) is 17.6 Å². The number of hydrogen-bond acceptors (Lipinski definition) is 4. The molecule has 0 saturated carbocycles. The Morgan fingerprint density at radius 2 is 1.62 bits per heavy atom. The van der Waals surface area contributed by atoms with Gasteiger partial charge in [0, 0.05) is 39.3 Å².